The van der Waals surface area contributed by atoms with Crippen molar-refractivity contribution in [1.29, 1.82) is 0 Å². The van der Waals surface area contributed by atoms with Gasteiger partial charge in [-0.25, -0.2) is 21.6 Å². The van der Waals surface area contributed by atoms with Gasteiger partial charge in [0.1, 0.15) is 5.82 Å². The van der Waals surface area contributed by atoms with Crippen LogP contribution in [0.5, 0.6) is 0 Å². The summed E-state index contributed by atoms with van der Waals surface area (Å²) >= 11 is 0. The fraction of sp³-hybridized carbons (Fsp3) is 0.552. The highest BCUT2D eigenvalue weighted by molar-refractivity contribution is 7.92. The van der Waals surface area contributed by atoms with Crippen molar-refractivity contribution in [2.45, 2.75) is 62.7 Å². The van der Waals surface area contributed by atoms with Crippen molar-refractivity contribution in [3.8, 4) is 0 Å². The van der Waals surface area contributed by atoms with E-state index >= 15 is 4.39 Å². The SMILES string of the molecule is O=C(Nc1cc(F)c2c(c1)C1(CCC(F)(F)CC1)CN2)c1ccc(NS(=O)(=O)CCO)cc1N1CCC2(CC1)CC2. The van der Waals surface area contributed by atoms with Crippen molar-refractivity contribution in [3.05, 3.63) is 47.3 Å². The average Bonchev–Trinajstić information content (AvgIpc) is 3.57. The van der Waals surface area contributed by atoms with Crippen LogP contribution in [0.3, 0.4) is 0 Å². The number of aliphatic hydroxyl groups is 1. The highest BCUT2D eigenvalue weighted by Gasteiger charge is 2.48. The molecule has 2 heterocycles. The van der Waals surface area contributed by atoms with Gasteiger partial charge in [-0.3, -0.25) is 9.52 Å². The molecule has 0 bridgehead atoms. The monoisotopic (exact) mass is 592 g/mol. The fourth-order valence-electron chi connectivity index (χ4n) is 6.67. The third kappa shape index (κ3) is 5.60. The second kappa shape index (κ2) is 10.1. The lowest BCUT2D eigenvalue weighted by molar-refractivity contribution is -0.0496. The smallest absolute Gasteiger partial charge is 0.257 e. The van der Waals surface area contributed by atoms with Gasteiger partial charge in [-0.05, 0) is 79.8 Å². The molecule has 0 radical (unpaired) electrons. The number of fused-ring (bicyclic) bond motifs is 2. The Labute approximate surface area is 237 Å². The number of rotatable bonds is 7. The lowest BCUT2D eigenvalue weighted by Gasteiger charge is -2.37. The zero-order valence-electron chi connectivity index (χ0n) is 22.7. The number of piperidine rings is 1. The van der Waals surface area contributed by atoms with Gasteiger partial charge in [0.05, 0.1) is 35.0 Å². The molecule has 2 aromatic rings. The van der Waals surface area contributed by atoms with Gasteiger partial charge in [0.25, 0.3) is 5.91 Å². The number of sulfonamides is 1. The number of nitrogens with zero attached hydrogens (tertiary/aromatic N) is 1. The number of nitrogens with one attached hydrogen (secondary N) is 3. The quantitative estimate of drug-likeness (QED) is 0.358. The van der Waals surface area contributed by atoms with Gasteiger partial charge in [0.2, 0.25) is 15.9 Å². The van der Waals surface area contributed by atoms with Crippen LogP contribution >= 0.6 is 0 Å². The number of halogens is 3. The molecule has 3 fully saturated rings. The number of alkyl halides is 2. The van der Waals surface area contributed by atoms with Gasteiger partial charge in [0, 0.05) is 43.6 Å². The molecule has 0 atom stereocenters. The Balaban J connectivity index is 1.28. The van der Waals surface area contributed by atoms with Crippen LogP contribution in [0.25, 0.3) is 0 Å². The van der Waals surface area contributed by atoms with Crippen LogP contribution in [0, 0.1) is 11.2 Å². The van der Waals surface area contributed by atoms with E-state index in [9.17, 15) is 22.0 Å². The standard InChI is InChI=1S/C29H35F3N4O4S/c30-23-16-20(15-22-25(23)33-18-28(22)5-7-29(31,32)8-6-28)34-26(38)21-2-1-19(35-41(39,40)14-13-37)17-24(21)36-11-9-27(3-4-27)10-12-36/h1-2,15-17,33,35,37H,3-14,18H2,(H,34,38). The molecule has 222 valence electrons. The maximum absolute atomic E-state index is 15.2. The molecule has 2 aromatic carbocycles. The maximum atomic E-state index is 15.2. The summed E-state index contributed by atoms with van der Waals surface area (Å²) < 4.78 is 70.0. The number of hydrogen-bond acceptors (Lipinski definition) is 6. The van der Waals surface area contributed by atoms with Gasteiger partial charge in [-0.2, -0.15) is 0 Å². The third-order valence-corrected chi connectivity index (χ3v) is 10.7. The molecule has 2 saturated carbocycles. The van der Waals surface area contributed by atoms with E-state index in [0.29, 0.717) is 34.5 Å². The molecule has 2 spiro atoms. The summed E-state index contributed by atoms with van der Waals surface area (Å²) in [7, 11) is -3.77. The van der Waals surface area contributed by atoms with Gasteiger partial charge in [-0.1, -0.05) is 0 Å². The molecule has 8 nitrogen and oxygen atoms in total. The van der Waals surface area contributed by atoms with E-state index in [1.54, 1.807) is 18.2 Å². The highest BCUT2D eigenvalue weighted by atomic mass is 32.2. The Kier molecular flexibility index (Phi) is 6.92. The lowest BCUT2D eigenvalue weighted by atomic mass is 9.69. The fourth-order valence-corrected chi connectivity index (χ4v) is 7.50. The van der Waals surface area contributed by atoms with E-state index < -0.39 is 45.4 Å². The Morgan fingerprint density at radius 2 is 1.68 bits per heavy atom. The van der Waals surface area contributed by atoms with Crippen molar-refractivity contribution in [3.63, 3.8) is 0 Å². The molecular formula is C29H35F3N4O4S. The van der Waals surface area contributed by atoms with E-state index in [-0.39, 0.29) is 37.1 Å². The number of carbonyl (C=O) groups excluding carboxylic acids is 1. The van der Waals surface area contributed by atoms with Crippen molar-refractivity contribution in [2.75, 3.05) is 52.2 Å². The second-order valence-electron chi connectivity index (χ2n) is 12.2. The first-order valence-electron chi connectivity index (χ1n) is 14.2. The largest absolute Gasteiger partial charge is 0.395 e. The summed E-state index contributed by atoms with van der Waals surface area (Å²) in [6, 6.07) is 7.58. The van der Waals surface area contributed by atoms with E-state index in [0.717, 1.165) is 25.9 Å². The molecule has 1 amide bonds. The molecule has 0 unspecified atom stereocenters. The van der Waals surface area contributed by atoms with Crippen LogP contribution in [-0.4, -0.2) is 57.3 Å². The molecule has 1 saturated heterocycles. The lowest BCUT2D eigenvalue weighted by Crippen LogP contribution is -2.38. The Morgan fingerprint density at radius 1 is 0.976 bits per heavy atom. The summed E-state index contributed by atoms with van der Waals surface area (Å²) in [6.45, 7) is 1.30. The maximum Gasteiger partial charge on any atom is 0.257 e. The Morgan fingerprint density at radius 3 is 2.34 bits per heavy atom. The zero-order valence-corrected chi connectivity index (χ0v) is 23.6. The molecular weight excluding hydrogens is 557 g/mol. The van der Waals surface area contributed by atoms with Crippen LogP contribution < -0.4 is 20.3 Å². The zero-order chi connectivity index (χ0) is 29.0. The first kappa shape index (κ1) is 28.1. The number of amides is 1. The highest BCUT2D eigenvalue weighted by Crippen LogP contribution is 2.54. The van der Waals surface area contributed by atoms with Crippen LogP contribution in [0.2, 0.25) is 0 Å². The summed E-state index contributed by atoms with van der Waals surface area (Å²) in [6.07, 6.45) is 4.30. The summed E-state index contributed by atoms with van der Waals surface area (Å²) in [5.74, 6) is -4.20. The normalized spacial score (nSPS) is 21.8. The van der Waals surface area contributed by atoms with E-state index in [2.05, 4.69) is 20.3 Å². The topological polar surface area (TPSA) is 111 Å². The van der Waals surface area contributed by atoms with Crippen molar-refractivity contribution in [2.24, 2.45) is 5.41 Å². The van der Waals surface area contributed by atoms with Crippen molar-refractivity contribution < 1.29 is 31.5 Å². The minimum Gasteiger partial charge on any atom is -0.395 e. The number of anilines is 4. The molecule has 41 heavy (non-hydrogen) atoms. The van der Waals surface area contributed by atoms with Gasteiger partial charge >= 0.3 is 0 Å². The molecule has 2 aliphatic carbocycles. The van der Waals surface area contributed by atoms with E-state index in [1.807, 2.05) is 0 Å². The van der Waals surface area contributed by atoms with Gasteiger partial charge in [0.15, 0.2) is 0 Å². The van der Waals surface area contributed by atoms with Crippen LogP contribution in [0.15, 0.2) is 30.3 Å². The number of hydrogen-bond donors (Lipinski definition) is 4. The molecule has 6 rings (SSSR count). The number of aliphatic hydroxyl groups excluding tert-OH is 1. The van der Waals surface area contributed by atoms with Crippen LogP contribution in [0.4, 0.5) is 35.9 Å². The predicted molar refractivity (Wildman–Crippen MR) is 152 cm³/mol. The summed E-state index contributed by atoms with van der Waals surface area (Å²) in [4.78, 5) is 15.7. The minimum absolute atomic E-state index is 0.227. The van der Waals surface area contributed by atoms with Crippen LogP contribution in [0.1, 0.15) is 67.3 Å². The minimum atomic E-state index is -3.77. The molecule has 4 N–H and O–H groups in total. The van der Waals surface area contributed by atoms with Crippen molar-refractivity contribution >= 4 is 38.7 Å². The molecule has 12 heteroatoms. The predicted octanol–water partition coefficient (Wildman–Crippen LogP) is 5.07. The van der Waals surface area contributed by atoms with E-state index in [1.165, 1.54) is 25.0 Å². The molecule has 4 aliphatic rings. The average molecular weight is 593 g/mol. The first-order chi connectivity index (χ1) is 19.4. The Hall–Kier alpha value is -2.99. The number of benzene rings is 2. The third-order valence-electron chi connectivity index (χ3n) is 9.46. The van der Waals surface area contributed by atoms with Gasteiger partial charge in [-0.15, -0.1) is 0 Å². The molecule has 2 aliphatic heterocycles. The summed E-state index contributed by atoms with van der Waals surface area (Å²) in [5, 5.41) is 15.0. The van der Waals surface area contributed by atoms with E-state index in [4.69, 9.17) is 5.11 Å². The van der Waals surface area contributed by atoms with Gasteiger partial charge < -0.3 is 20.6 Å². The Bertz CT molecular complexity index is 1460. The second-order valence-corrected chi connectivity index (χ2v) is 14.0. The molecule has 0 aromatic heterocycles. The van der Waals surface area contributed by atoms with Crippen LogP contribution in [-0.2, 0) is 15.4 Å². The number of carbonyl (C=O) groups is 1. The first-order valence-corrected chi connectivity index (χ1v) is 15.9. The van der Waals surface area contributed by atoms with Crippen molar-refractivity contribution in [1.82, 2.24) is 0 Å². The summed E-state index contributed by atoms with van der Waals surface area (Å²) in [5.41, 5.74) is 2.09.